The molecule has 2 aromatic carbocycles. The molecular weight excluding hydrogens is 382 g/mol. The lowest BCUT2D eigenvalue weighted by atomic mass is 10.2. The third kappa shape index (κ3) is 3.46. The largest absolute Gasteiger partial charge is 0.497 e. The topological polar surface area (TPSA) is 47.9 Å². The number of halogens is 2. The van der Waals surface area contributed by atoms with E-state index in [9.17, 15) is 4.79 Å². The maximum Gasteiger partial charge on any atom is 0.363 e. The lowest BCUT2D eigenvalue weighted by molar-refractivity contribution is -0.129. The fraction of sp³-hybridized carbons (Fsp3) is 0.0588. The van der Waals surface area contributed by atoms with Crippen LogP contribution < -0.4 is 4.74 Å². The van der Waals surface area contributed by atoms with E-state index in [1.807, 2.05) is 24.3 Å². The van der Waals surface area contributed by atoms with Crippen molar-refractivity contribution in [2.24, 2.45) is 4.99 Å². The molecule has 6 heteroatoms. The Bertz CT molecular complexity index is 828. The Morgan fingerprint density at radius 1 is 1.22 bits per heavy atom. The van der Waals surface area contributed by atoms with Gasteiger partial charge in [-0.3, -0.25) is 0 Å². The highest BCUT2D eigenvalue weighted by atomic mass is 79.9. The monoisotopic (exact) mass is 391 g/mol. The van der Waals surface area contributed by atoms with Gasteiger partial charge in [-0.1, -0.05) is 39.7 Å². The number of carbonyl (C=O) groups excluding carboxylic acids is 1. The quantitative estimate of drug-likeness (QED) is 0.572. The molecular formula is C17H11BrClNO3. The van der Waals surface area contributed by atoms with Crippen LogP contribution in [-0.2, 0) is 9.53 Å². The number of nitrogens with zero attached hydrogens (tertiary/aromatic N) is 1. The van der Waals surface area contributed by atoms with Crippen LogP contribution in [0.25, 0.3) is 6.08 Å². The van der Waals surface area contributed by atoms with E-state index < -0.39 is 5.97 Å². The molecule has 1 aliphatic heterocycles. The van der Waals surface area contributed by atoms with Crippen LogP contribution in [0.4, 0.5) is 0 Å². The van der Waals surface area contributed by atoms with E-state index in [0.717, 1.165) is 10.0 Å². The van der Waals surface area contributed by atoms with Gasteiger partial charge in [0.2, 0.25) is 5.90 Å². The van der Waals surface area contributed by atoms with Crippen molar-refractivity contribution in [2.75, 3.05) is 7.11 Å². The molecule has 0 N–H and O–H groups in total. The van der Waals surface area contributed by atoms with E-state index in [1.54, 1.807) is 31.4 Å². The van der Waals surface area contributed by atoms with Gasteiger partial charge in [0.15, 0.2) is 5.70 Å². The Kier molecular flexibility index (Phi) is 4.50. The van der Waals surface area contributed by atoms with E-state index in [1.165, 1.54) is 0 Å². The van der Waals surface area contributed by atoms with E-state index in [4.69, 9.17) is 21.1 Å². The van der Waals surface area contributed by atoms with Gasteiger partial charge < -0.3 is 9.47 Å². The second kappa shape index (κ2) is 6.56. The second-order valence-corrected chi connectivity index (χ2v) is 6.06. The van der Waals surface area contributed by atoms with Crippen LogP contribution in [0.15, 0.2) is 57.6 Å². The van der Waals surface area contributed by atoms with Crippen molar-refractivity contribution in [3.8, 4) is 5.75 Å². The zero-order valence-corrected chi connectivity index (χ0v) is 14.4. The molecule has 1 aliphatic rings. The van der Waals surface area contributed by atoms with Gasteiger partial charge in [-0.25, -0.2) is 9.79 Å². The highest BCUT2D eigenvalue weighted by Crippen LogP contribution is 2.27. The van der Waals surface area contributed by atoms with Crippen LogP contribution in [0, 0.1) is 0 Å². The molecule has 116 valence electrons. The zero-order valence-electron chi connectivity index (χ0n) is 12.0. The normalized spacial score (nSPS) is 15.5. The van der Waals surface area contributed by atoms with Crippen molar-refractivity contribution in [1.82, 2.24) is 0 Å². The molecule has 0 unspecified atom stereocenters. The lowest BCUT2D eigenvalue weighted by Gasteiger charge is -2.05. The number of esters is 1. The molecule has 0 fully saturated rings. The van der Waals surface area contributed by atoms with Crippen LogP contribution in [0.5, 0.6) is 5.75 Å². The van der Waals surface area contributed by atoms with Gasteiger partial charge in [0, 0.05) is 4.47 Å². The molecule has 0 aliphatic carbocycles. The van der Waals surface area contributed by atoms with Crippen molar-refractivity contribution >= 4 is 45.5 Å². The number of rotatable bonds is 3. The van der Waals surface area contributed by atoms with Gasteiger partial charge in [0.1, 0.15) is 5.75 Å². The van der Waals surface area contributed by atoms with E-state index in [2.05, 4.69) is 20.9 Å². The van der Waals surface area contributed by atoms with Gasteiger partial charge in [-0.05, 0) is 42.0 Å². The van der Waals surface area contributed by atoms with E-state index >= 15 is 0 Å². The van der Waals surface area contributed by atoms with Crippen molar-refractivity contribution < 1.29 is 14.3 Å². The van der Waals surface area contributed by atoms with Gasteiger partial charge in [0.05, 0.1) is 17.7 Å². The van der Waals surface area contributed by atoms with E-state index in [0.29, 0.717) is 16.3 Å². The Labute approximate surface area is 146 Å². The first-order chi connectivity index (χ1) is 11.1. The average molecular weight is 393 g/mol. The summed E-state index contributed by atoms with van der Waals surface area (Å²) in [6.45, 7) is 0. The molecule has 0 atom stereocenters. The summed E-state index contributed by atoms with van der Waals surface area (Å²) < 4.78 is 11.3. The van der Waals surface area contributed by atoms with Crippen molar-refractivity contribution in [3.63, 3.8) is 0 Å². The first kappa shape index (κ1) is 15.8. The molecule has 0 bridgehead atoms. The molecule has 2 aromatic rings. The molecule has 3 rings (SSSR count). The molecule has 0 saturated carbocycles. The minimum atomic E-state index is -0.505. The summed E-state index contributed by atoms with van der Waals surface area (Å²) in [7, 11) is 1.55. The summed E-state index contributed by atoms with van der Waals surface area (Å²) in [6.07, 6.45) is 1.67. The highest BCUT2D eigenvalue weighted by Gasteiger charge is 2.25. The SMILES string of the molecule is COc1ccc(C2=NC(=Cc3ccc(Br)cc3)C(=O)O2)c(Cl)c1. The summed E-state index contributed by atoms with van der Waals surface area (Å²) in [5, 5.41) is 0.404. The third-order valence-electron chi connectivity index (χ3n) is 3.20. The number of methoxy groups -OCH3 is 1. The number of hydrogen-bond acceptors (Lipinski definition) is 4. The fourth-order valence-corrected chi connectivity index (χ4v) is 2.55. The Hall–Kier alpha value is -2.11. The van der Waals surface area contributed by atoms with Gasteiger partial charge in [-0.2, -0.15) is 0 Å². The summed E-state index contributed by atoms with van der Waals surface area (Å²) >= 11 is 9.55. The van der Waals surface area contributed by atoms with Gasteiger partial charge in [0.25, 0.3) is 0 Å². The Morgan fingerprint density at radius 2 is 1.96 bits per heavy atom. The maximum absolute atomic E-state index is 12.0. The highest BCUT2D eigenvalue weighted by molar-refractivity contribution is 9.10. The third-order valence-corrected chi connectivity index (χ3v) is 4.04. The predicted octanol–water partition coefficient (Wildman–Crippen LogP) is 4.46. The molecule has 0 saturated heterocycles. The Morgan fingerprint density at radius 3 is 2.61 bits per heavy atom. The fourth-order valence-electron chi connectivity index (χ4n) is 2.04. The number of cyclic esters (lactones) is 1. The molecule has 0 radical (unpaired) electrons. The van der Waals surface area contributed by atoms with Crippen LogP contribution in [-0.4, -0.2) is 19.0 Å². The molecule has 0 aromatic heterocycles. The summed E-state index contributed by atoms with van der Waals surface area (Å²) in [5.41, 5.74) is 1.63. The van der Waals surface area contributed by atoms with Crippen molar-refractivity contribution in [1.29, 1.82) is 0 Å². The summed E-state index contributed by atoms with van der Waals surface area (Å²) in [5.74, 6) is 0.301. The maximum atomic E-state index is 12.0. The number of carbonyl (C=O) groups is 1. The molecule has 1 heterocycles. The minimum absolute atomic E-state index is 0.186. The van der Waals surface area contributed by atoms with Crippen LogP contribution in [0.3, 0.4) is 0 Å². The van der Waals surface area contributed by atoms with Crippen LogP contribution in [0.1, 0.15) is 11.1 Å². The number of ether oxygens (including phenoxy) is 2. The average Bonchev–Trinajstić information content (AvgIpc) is 2.90. The standard InChI is InChI=1S/C17H11BrClNO3/c1-22-12-6-7-13(14(19)9-12)16-20-15(17(21)23-16)8-10-2-4-11(18)5-3-10/h2-9H,1H3. The van der Waals surface area contributed by atoms with Crippen molar-refractivity contribution in [2.45, 2.75) is 0 Å². The molecule has 0 spiro atoms. The summed E-state index contributed by atoms with van der Waals surface area (Å²) in [6, 6.07) is 12.6. The number of hydrogen-bond donors (Lipinski definition) is 0. The van der Waals surface area contributed by atoms with Crippen molar-refractivity contribution in [3.05, 3.63) is 68.8 Å². The molecule has 4 nitrogen and oxygen atoms in total. The van der Waals surface area contributed by atoms with Crippen LogP contribution >= 0.6 is 27.5 Å². The van der Waals surface area contributed by atoms with E-state index in [-0.39, 0.29) is 11.6 Å². The minimum Gasteiger partial charge on any atom is -0.497 e. The molecule has 23 heavy (non-hydrogen) atoms. The van der Waals surface area contributed by atoms with Gasteiger partial charge >= 0.3 is 5.97 Å². The Balaban J connectivity index is 1.93. The lowest BCUT2D eigenvalue weighted by Crippen LogP contribution is -2.06. The first-order valence-electron chi connectivity index (χ1n) is 6.69. The number of benzene rings is 2. The summed E-state index contributed by atoms with van der Waals surface area (Å²) in [4.78, 5) is 16.2. The second-order valence-electron chi connectivity index (χ2n) is 4.73. The predicted molar refractivity (Wildman–Crippen MR) is 92.8 cm³/mol. The smallest absolute Gasteiger partial charge is 0.363 e. The molecule has 0 amide bonds. The first-order valence-corrected chi connectivity index (χ1v) is 7.86. The van der Waals surface area contributed by atoms with Crippen LogP contribution in [0.2, 0.25) is 5.02 Å². The van der Waals surface area contributed by atoms with Gasteiger partial charge in [-0.15, -0.1) is 0 Å². The zero-order chi connectivity index (χ0) is 16.4. The number of aliphatic imine (C=N–C) groups is 1.